The second-order valence-corrected chi connectivity index (χ2v) is 6.90. The number of benzene rings is 2. The molecule has 5 heteroatoms. The summed E-state index contributed by atoms with van der Waals surface area (Å²) in [5.41, 5.74) is 2.79. The summed E-state index contributed by atoms with van der Waals surface area (Å²) in [4.78, 5) is 19.2. The summed E-state index contributed by atoms with van der Waals surface area (Å²) in [6.07, 6.45) is 2.72. The van der Waals surface area contributed by atoms with Gasteiger partial charge in [0.25, 0.3) is 5.91 Å². The summed E-state index contributed by atoms with van der Waals surface area (Å²) in [7, 11) is 1.66. The molecule has 28 heavy (non-hydrogen) atoms. The van der Waals surface area contributed by atoms with Gasteiger partial charge in [-0.2, -0.15) is 0 Å². The lowest BCUT2D eigenvalue weighted by Crippen LogP contribution is -2.37. The summed E-state index contributed by atoms with van der Waals surface area (Å²) in [5.74, 6) is 1.74. The van der Waals surface area contributed by atoms with Crippen molar-refractivity contribution in [2.45, 2.75) is 12.5 Å². The van der Waals surface area contributed by atoms with E-state index in [4.69, 9.17) is 4.74 Å². The third-order valence-corrected chi connectivity index (χ3v) is 5.05. The van der Waals surface area contributed by atoms with Gasteiger partial charge in [0.2, 0.25) is 0 Å². The molecule has 0 saturated carbocycles. The second kappa shape index (κ2) is 8.13. The fourth-order valence-electron chi connectivity index (χ4n) is 3.51. The molecule has 2 heterocycles. The Bertz CT molecular complexity index is 942. The zero-order valence-electron chi connectivity index (χ0n) is 15.8. The predicted molar refractivity (Wildman–Crippen MR) is 111 cm³/mol. The van der Waals surface area contributed by atoms with E-state index < -0.39 is 0 Å². The van der Waals surface area contributed by atoms with Gasteiger partial charge < -0.3 is 15.0 Å². The highest BCUT2D eigenvalue weighted by Gasteiger charge is 2.25. The fraction of sp³-hybridized carbons (Fsp3) is 0.217. The molecule has 3 aromatic rings. The van der Waals surface area contributed by atoms with Gasteiger partial charge in [-0.15, -0.1) is 0 Å². The van der Waals surface area contributed by atoms with Crippen LogP contribution >= 0.6 is 0 Å². The summed E-state index contributed by atoms with van der Waals surface area (Å²) in [6, 6.07) is 21.6. The molecular weight excluding hydrogens is 350 g/mol. The average Bonchev–Trinajstić information content (AvgIpc) is 3.23. The number of carbonyl (C=O) groups excluding carboxylic acids is 1. The number of ether oxygens (including phenoxy) is 1. The van der Waals surface area contributed by atoms with Crippen LogP contribution in [0, 0.1) is 0 Å². The third kappa shape index (κ3) is 3.98. The monoisotopic (exact) mass is 373 g/mol. The maximum atomic E-state index is 12.6. The van der Waals surface area contributed by atoms with Gasteiger partial charge in [0.05, 0.1) is 7.11 Å². The zero-order valence-corrected chi connectivity index (χ0v) is 15.8. The Morgan fingerprint density at radius 1 is 1.07 bits per heavy atom. The van der Waals surface area contributed by atoms with Crippen molar-refractivity contribution in [1.82, 2.24) is 10.3 Å². The minimum Gasteiger partial charge on any atom is -0.497 e. The van der Waals surface area contributed by atoms with Crippen LogP contribution in [0.2, 0.25) is 0 Å². The van der Waals surface area contributed by atoms with E-state index in [1.807, 2.05) is 66.7 Å². The summed E-state index contributed by atoms with van der Waals surface area (Å²) in [6.45, 7) is 1.68. The van der Waals surface area contributed by atoms with Crippen molar-refractivity contribution < 1.29 is 9.53 Å². The quantitative estimate of drug-likeness (QED) is 0.740. The van der Waals surface area contributed by atoms with E-state index in [0.29, 0.717) is 5.56 Å². The third-order valence-electron chi connectivity index (χ3n) is 5.05. The molecule has 2 aromatic carbocycles. The maximum absolute atomic E-state index is 12.6. The molecule has 142 valence electrons. The molecule has 4 rings (SSSR count). The Hall–Kier alpha value is -3.34. The van der Waals surface area contributed by atoms with E-state index in [9.17, 15) is 4.79 Å². The van der Waals surface area contributed by atoms with E-state index >= 15 is 0 Å². The molecule has 1 aliphatic rings. The number of methoxy groups -OCH3 is 1. The first kappa shape index (κ1) is 18.0. The molecule has 0 spiro atoms. The van der Waals surface area contributed by atoms with Crippen LogP contribution in [0.3, 0.4) is 0 Å². The van der Waals surface area contributed by atoms with E-state index in [0.717, 1.165) is 42.2 Å². The molecule has 1 amide bonds. The molecule has 1 aromatic heterocycles. The molecular formula is C23H23N3O2. The van der Waals surface area contributed by atoms with Gasteiger partial charge in [-0.1, -0.05) is 30.3 Å². The molecule has 1 saturated heterocycles. The van der Waals surface area contributed by atoms with Crippen molar-refractivity contribution in [3.63, 3.8) is 0 Å². The minimum atomic E-state index is -0.0370. The van der Waals surface area contributed by atoms with E-state index in [-0.39, 0.29) is 11.9 Å². The highest BCUT2D eigenvalue weighted by Crippen LogP contribution is 2.24. The van der Waals surface area contributed by atoms with Crippen LogP contribution in [0.1, 0.15) is 16.8 Å². The molecule has 0 bridgehead atoms. The minimum absolute atomic E-state index is 0.0370. The number of pyridine rings is 1. The number of rotatable bonds is 5. The Labute approximate surface area is 165 Å². The predicted octanol–water partition coefficient (Wildman–Crippen LogP) is 3.77. The van der Waals surface area contributed by atoms with Crippen LogP contribution in [-0.4, -0.2) is 37.1 Å². The second-order valence-electron chi connectivity index (χ2n) is 6.90. The van der Waals surface area contributed by atoms with Gasteiger partial charge in [-0.25, -0.2) is 4.98 Å². The molecule has 1 unspecified atom stereocenters. The lowest BCUT2D eigenvalue weighted by Gasteiger charge is -2.17. The maximum Gasteiger partial charge on any atom is 0.251 e. The lowest BCUT2D eigenvalue weighted by atomic mass is 10.0. The molecule has 1 aliphatic heterocycles. The number of hydrogen-bond donors (Lipinski definition) is 1. The van der Waals surface area contributed by atoms with Crippen LogP contribution in [0.15, 0.2) is 72.9 Å². The van der Waals surface area contributed by atoms with Crippen molar-refractivity contribution in [2.75, 3.05) is 25.1 Å². The number of aromatic nitrogens is 1. The SMILES string of the molecule is COc1cccc(-c2ccc(C(=O)NC3CCN(c4ccccn4)C3)cc2)c1. The Balaban J connectivity index is 1.39. The van der Waals surface area contributed by atoms with Crippen molar-refractivity contribution in [1.29, 1.82) is 0 Å². The van der Waals surface area contributed by atoms with E-state index in [2.05, 4.69) is 15.2 Å². The zero-order chi connectivity index (χ0) is 19.3. The van der Waals surface area contributed by atoms with Crippen molar-refractivity contribution in [3.05, 3.63) is 78.5 Å². The Morgan fingerprint density at radius 3 is 2.68 bits per heavy atom. The number of amides is 1. The number of nitrogens with one attached hydrogen (secondary N) is 1. The van der Waals surface area contributed by atoms with Gasteiger partial charge in [-0.05, 0) is 53.9 Å². The lowest BCUT2D eigenvalue weighted by molar-refractivity contribution is 0.0940. The molecule has 1 fully saturated rings. The fourth-order valence-corrected chi connectivity index (χ4v) is 3.51. The van der Waals surface area contributed by atoms with Crippen LogP contribution in [-0.2, 0) is 0 Å². The first-order valence-corrected chi connectivity index (χ1v) is 9.44. The number of anilines is 1. The summed E-state index contributed by atoms with van der Waals surface area (Å²) < 4.78 is 5.28. The number of nitrogens with zero attached hydrogens (tertiary/aromatic N) is 2. The van der Waals surface area contributed by atoms with Gasteiger partial charge >= 0.3 is 0 Å². The Kier molecular flexibility index (Phi) is 5.24. The first-order chi connectivity index (χ1) is 13.7. The molecule has 5 nitrogen and oxygen atoms in total. The molecule has 1 N–H and O–H groups in total. The molecule has 0 aliphatic carbocycles. The van der Waals surface area contributed by atoms with Gasteiger partial charge in [0.15, 0.2) is 0 Å². The number of hydrogen-bond acceptors (Lipinski definition) is 4. The summed E-state index contributed by atoms with van der Waals surface area (Å²) in [5, 5.41) is 3.14. The van der Waals surface area contributed by atoms with Crippen molar-refractivity contribution in [3.8, 4) is 16.9 Å². The van der Waals surface area contributed by atoms with Crippen molar-refractivity contribution in [2.24, 2.45) is 0 Å². The topological polar surface area (TPSA) is 54.5 Å². The Morgan fingerprint density at radius 2 is 1.93 bits per heavy atom. The van der Waals surface area contributed by atoms with Crippen LogP contribution in [0.25, 0.3) is 11.1 Å². The largest absolute Gasteiger partial charge is 0.497 e. The summed E-state index contributed by atoms with van der Waals surface area (Å²) >= 11 is 0. The standard InChI is InChI=1S/C23H23N3O2/c1-28-21-6-4-5-19(15-21)17-8-10-18(11-9-17)23(27)25-20-12-14-26(16-20)22-7-2-3-13-24-22/h2-11,13,15,20H,12,14,16H2,1H3,(H,25,27). The van der Waals surface area contributed by atoms with E-state index in [1.165, 1.54) is 0 Å². The molecule has 0 radical (unpaired) electrons. The van der Waals surface area contributed by atoms with Crippen LogP contribution < -0.4 is 15.0 Å². The van der Waals surface area contributed by atoms with Gasteiger partial charge in [-0.3, -0.25) is 4.79 Å². The van der Waals surface area contributed by atoms with Crippen LogP contribution in [0.5, 0.6) is 5.75 Å². The van der Waals surface area contributed by atoms with Gasteiger partial charge in [0, 0.05) is 30.9 Å². The average molecular weight is 373 g/mol. The van der Waals surface area contributed by atoms with Gasteiger partial charge in [0.1, 0.15) is 11.6 Å². The first-order valence-electron chi connectivity index (χ1n) is 9.44. The van der Waals surface area contributed by atoms with Crippen LogP contribution in [0.4, 0.5) is 5.82 Å². The van der Waals surface area contributed by atoms with E-state index in [1.54, 1.807) is 13.3 Å². The van der Waals surface area contributed by atoms with Crippen molar-refractivity contribution >= 4 is 11.7 Å². The normalized spacial score (nSPS) is 16.0. The highest BCUT2D eigenvalue weighted by molar-refractivity contribution is 5.95. The smallest absolute Gasteiger partial charge is 0.251 e. The number of carbonyl (C=O) groups is 1. The highest BCUT2D eigenvalue weighted by atomic mass is 16.5. The molecule has 1 atom stereocenters.